The number of rotatable bonds is 6. The van der Waals surface area contributed by atoms with Gasteiger partial charge in [0.1, 0.15) is 11.9 Å². The average Bonchev–Trinajstić information content (AvgIpc) is 3.37. The molecule has 0 saturated carbocycles. The standard InChI is InChI=1S/C30H31N7O3S/c1-30(38)18-35(19-30)23-10-27(29-22(11-31)13-33-37(29)17-23)21-6-7-28(32-12-21)34-15-24-9-25(16-34)36(24)14-20-4-3-5-26(8-20)41(2,39)40/h3-8,10,12-13,17,24-25,38H,9,14-16,18-19H2,1-2H3. The molecule has 8 rings (SSSR count). The van der Waals surface area contributed by atoms with E-state index in [-0.39, 0.29) is 0 Å². The third-order valence-electron chi connectivity index (χ3n) is 8.57. The van der Waals surface area contributed by atoms with Crippen LogP contribution in [-0.2, 0) is 16.4 Å². The number of fused-ring (bicyclic) bond motifs is 3. The van der Waals surface area contributed by atoms with Gasteiger partial charge in [0.05, 0.1) is 39.7 Å². The number of aromatic nitrogens is 3. The zero-order chi connectivity index (χ0) is 28.5. The van der Waals surface area contributed by atoms with Gasteiger partial charge in [0, 0.05) is 68.4 Å². The van der Waals surface area contributed by atoms with Crippen LogP contribution in [0.3, 0.4) is 0 Å². The Bertz CT molecular complexity index is 1790. The molecule has 41 heavy (non-hydrogen) atoms. The number of nitriles is 1. The van der Waals surface area contributed by atoms with E-state index in [0.717, 1.165) is 59.8 Å². The van der Waals surface area contributed by atoms with Gasteiger partial charge in [0.25, 0.3) is 0 Å². The molecule has 210 valence electrons. The maximum atomic E-state index is 12.0. The molecule has 3 aromatic heterocycles. The molecule has 11 heteroatoms. The predicted octanol–water partition coefficient (Wildman–Crippen LogP) is 2.71. The number of nitrogens with zero attached hydrogens (tertiary/aromatic N) is 7. The Morgan fingerprint density at radius 1 is 1.10 bits per heavy atom. The van der Waals surface area contributed by atoms with E-state index in [1.807, 2.05) is 37.5 Å². The van der Waals surface area contributed by atoms with Crippen molar-refractivity contribution in [1.29, 1.82) is 5.26 Å². The van der Waals surface area contributed by atoms with Gasteiger partial charge in [0.15, 0.2) is 9.84 Å². The van der Waals surface area contributed by atoms with Crippen LogP contribution in [0.1, 0.15) is 24.5 Å². The average molecular weight is 570 g/mol. The molecule has 10 nitrogen and oxygen atoms in total. The predicted molar refractivity (Wildman–Crippen MR) is 155 cm³/mol. The van der Waals surface area contributed by atoms with Crippen LogP contribution in [0.15, 0.2) is 66.0 Å². The summed E-state index contributed by atoms with van der Waals surface area (Å²) in [4.78, 5) is 12.1. The first-order valence-corrected chi connectivity index (χ1v) is 15.6. The van der Waals surface area contributed by atoms with Crippen LogP contribution >= 0.6 is 0 Å². The molecule has 4 aliphatic heterocycles. The lowest BCUT2D eigenvalue weighted by atomic mass is 9.86. The minimum absolute atomic E-state index is 0.365. The zero-order valence-electron chi connectivity index (χ0n) is 23.0. The molecular formula is C30H31N7O3S. The van der Waals surface area contributed by atoms with Crippen molar-refractivity contribution in [3.8, 4) is 17.2 Å². The van der Waals surface area contributed by atoms with Gasteiger partial charge in [-0.15, -0.1) is 0 Å². The Hall–Kier alpha value is -3.98. The summed E-state index contributed by atoms with van der Waals surface area (Å²) in [5, 5.41) is 24.4. The third-order valence-corrected chi connectivity index (χ3v) is 9.68. The Labute approximate surface area is 239 Å². The fraction of sp³-hybridized carbons (Fsp3) is 0.367. The molecule has 4 fully saturated rings. The summed E-state index contributed by atoms with van der Waals surface area (Å²) in [7, 11) is -3.23. The first-order chi connectivity index (χ1) is 19.6. The van der Waals surface area contributed by atoms with Crippen molar-refractivity contribution in [1.82, 2.24) is 19.5 Å². The summed E-state index contributed by atoms with van der Waals surface area (Å²) in [5.74, 6) is 0.919. The molecule has 4 saturated heterocycles. The molecule has 0 amide bonds. The summed E-state index contributed by atoms with van der Waals surface area (Å²) in [6, 6.07) is 16.4. The third kappa shape index (κ3) is 4.62. The monoisotopic (exact) mass is 569 g/mol. The normalized spacial score (nSPS) is 21.8. The second kappa shape index (κ2) is 9.27. The lowest BCUT2D eigenvalue weighted by Gasteiger charge is -2.56. The SMILES string of the molecule is CC1(O)CN(c2cc(-c3ccc(N4CC5CC(C4)N5Cc4cccc(S(C)(=O)=O)c4)nc3)c3c(C#N)cnn3c2)C1. The maximum absolute atomic E-state index is 12.0. The summed E-state index contributed by atoms with van der Waals surface area (Å²) in [6.45, 7) is 5.38. The zero-order valence-corrected chi connectivity index (χ0v) is 23.8. The number of hydrogen-bond acceptors (Lipinski definition) is 9. The van der Waals surface area contributed by atoms with Crippen molar-refractivity contribution < 1.29 is 13.5 Å². The van der Waals surface area contributed by atoms with Crippen LogP contribution < -0.4 is 9.80 Å². The van der Waals surface area contributed by atoms with E-state index >= 15 is 0 Å². The highest BCUT2D eigenvalue weighted by atomic mass is 32.2. The summed E-state index contributed by atoms with van der Waals surface area (Å²) in [6.07, 6.45) is 7.73. The van der Waals surface area contributed by atoms with Crippen LogP contribution in [0.5, 0.6) is 0 Å². The van der Waals surface area contributed by atoms with Gasteiger partial charge in [-0.05, 0) is 49.2 Å². The number of anilines is 2. The maximum Gasteiger partial charge on any atom is 0.175 e. The number of aliphatic hydroxyl groups is 1. The van der Waals surface area contributed by atoms with Gasteiger partial charge < -0.3 is 14.9 Å². The van der Waals surface area contributed by atoms with Crippen molar-refractivity contribution in [2.45, 2.75) is 42.5 Å². The number of benzene rings is 1. The van der Waals surface area contributed by atoms with Crippen LogP contribution in [0, 0.1) is 11.3 Å². The van der Waals surface area contributed by atoms with E-state index < -0.39 is 15.4 Å². The molecule has 1 aromatic carbocycles. The van der Waals surface area contributed by atoms with Crippen molar-refractivity contribution >= 4 is 26.9 Å². The second-order valence-electron chi connectivity index (χ2n) is 11.9. The van der Waals surface area contributed by atoms with E-state index in [1.165, 1.54) is 6.26 Å². The minimum atomic E-state index is -3.23. The van der Waals surface area contributed by atoms with Gasteiger partial charge in [0.2, 0.25) is 0 Å². The van der Waals surface area contributed by atoms with E-state index in [4.69, 9.17) is 4.98 Å². The molecule has 7 heterocycles. The summed E-state index contributed by atoms with van der Waals surface area (Å²) < 4.78 is 25.7. The molecule has 4 aliphatic rings. The van der Waals surface area contributed by atoms with Crippen LogP contribution in [0.2, 0.25) is 0 Å². The highest BCUT2D eigenvalue weighted by molar-refractivity contribution is 7.90. The molecular weight excluding hydrogens is 538 g/mol. The second-order valence-corrected chi connectivity index (χ2v) is 13.9. The highest BCUT2D eigenvalue weighted by Crippen LogP contribution is 2.37. The largest absolute Gasteiger partial charge is 0.386 e. The molecule has 0 aliphatic carbocycles. The Balaban J connectivity index is 1.10. The number of β-amino-alcohol motifs (C(OH)–C–C–N with tert-alkyl or cyclic N) is 1. The van der Waals surface area contributed by atoms with Crippen LogP contribution in [0.25, 0.3) is 16.6 Å². The van der Waals surface area contributed by atoms with E-state index in [1.54, 1.807) is 22.8 Å². The number of piperazine rings is 1. The molecule has 4 aromatic rings. The molecule has 0 spiro atoms. The van der Waals surface area contributed by atoms with E-state index in [9.17, 15) is 18.8 Å². The van der Waals surface area contributed by atoms with Crippen molar-refractivity contribution in [3.63, 3.8) is 0 Å². The fourth-order valence-electron chi connectivity index (χ4n) is 6.49. The Morgan fingerprint density at radius 3 is 2.54 bits per heavy atom. The van der Waals surface area contributed by atoms with Crippen LogP contribution in [0.4, 0.5) is 11.5 Å². The Morgan fingerprint density at radius 2 is 1.88 bits per heavy atom. The lowest BCUT2D eigenvalue weighted by Crippen LogP contribution is -2.68. The van der Waals surface area contributed by atoms with Gasteiger partial charge in [-0.25, -0.2) is 17.9 Å². The van der Waals surface area contributed by atoms with Gasteiger partial charge in [-0.3, -0.25) is 4.90 Å². The first kappa shape index (κ1) is 26.0. The quantitative estimate of drug-likeness (QED) is 0.374. The summed E-state index contributed by atoms with van der Waals surface area (Å²) in [5.41, 5.74) is 4.29. The van der Waals surface area contributed by atoms with Gasteiger partial charge in [-0.1, -0.05) is 12.1 Å². The van der Waals surface area contributed by atoms with Gasteiger partial charge >= 0.3 is 0 Å². The molecule has 1 N–H and O–H groups in total. The smallest absolute Gasteiger partial charge is 0.175 e. The van der Waals surface area contributed by atoms with Crippen molar-refractivity contribution in [3.05, 3.63) is 72.2 Å². The number of sulfone groups is 1. The number of pyridine rings is 2. The number of piperidine rings is 1. The van der Waals surface area contributed by atoms with E-state index in [2.05, 4.69) is 38.0 Å². The lowest BCUT2D eigenvalue weighted by molar-refractivity contribution is -0.00872. The Kier molecular flexibility index (Phi) is 5.87. The molecule has 2 atom stereocenters. The van der Waals surface area contributed by atoms with Crippen molar-refractivity contribution in [2.24, 2.45) is 0 Å². The fourth-order valence-corrected chi connectivity index (χ4v) is 7.18. The first-order valence-electron chi connectivity index (χ1n) is 13.7. The van der Waals surface area contributed by atoms with Crippen LogP contribution in [-0.4, -0.2) is 83.1 Å². The van der Waals surface area contributed by atoms with Gasteiger partial charge in [-0.2, -0.15) is 10.4 Å². The topological polar surface area (TPSA) is 118 Å². The number of hydrogen-bond donors (Lipinski definition) is 1. The van der Waals surface area contributed by atoms with Crippen molar-refractivity contribution in [2.75, 3.05) is 42.2 Å². The molecule has 2 bridgehead atoms. The highest BCUT2D eigenvalue weighted by Gasteiger charge is 2.44. The summed E-state index contributed by atoms with van der Waals surface area (Å²) >= 11 is 0. The van der Waals surface area contributed by atoms with E-state index in [0.29, 0.717) is 35.6 Å². The molecule has 0 radical (unpaired) electrons. The molecule has 2 unspecified atom stereocenters. The minimum Gasteiger partial charge on any atom is -0.386 e.